The highest BCUT2D eigenvalue weighted by Crippen LogP contribution is 2.25. The molecule has 0 aliphatic rings. The number of nitrogens with one attached hydrogen (secondary N) is 1. The summed E-state index contributed by atoms with van der Waals surface area (Å²) in [4.78, 5) is 10.8. The minimum atomic E-state index is -0.584. The summed E-state index contributed by atoms with van der Waals surface area (Å²) in [5, 5.41) is 3.48. The average Bonchev–Trinajstić information content (AvgIpc) is 2.63. The van der Waals surface area contributed by atoms with Gasteiger partial charge in [-0.05, 0) is 37.1 Å². The molecule has 2 amide bonds. The zero-order valence-corrected chi connectivity index (χ0v) is 10.8. The first-order valence-electron chi connectivity index (χ1n) is 5.38. The van der Waals surface area contributed by atoms with E-state index in [9.17, 15) is 4.79 Å². The zero-order valence-electron chi connectivity index (χ0n) is 9.97. The predicted molar refractivity (Wildman–Crippen MR) is 74.0 cm³/mol. The summed E-state index contributed by atoms with van der Waals surface area (Å²) >= 11 is 0. The molecule has 0 saturated carbocycles. The van der Waals surface area contributed by atoms with Crippen molar-refractivity contribution in [2.75, 3.05) is 5.32 Å². The number of fused-ring (bicyclic) bond motifs is 1. The monoisotopic (exact) mass is 269 g/mol. The lowest BCUT2D eigenvalue weighted by Crippen LogP contribution is -2.20. The average molecular weight is 270 g/mol. The van der Waals surface area contributed by atoms with E-state index in [1.165, 1.54) is 0 Å². The number of hydrogen-bond donors (Lipinski definition) is 3. The molecule has 1 heterocycles. The van der Waals surface area contributed by atoms with Crippen LogP contribution in [0.3, 0.4) is 0 Å². The van der Waals surface area contributed by atoms with E-state index in [0.29, 0.717) is 12.1 Å². The smallest absolute Gasteiger partial charge is 0.316 e. The van der Waals surface area contributed by atoms with Gasteiger partial charge in [-0.15, -0.1) is 12.4 Å². The first-order chi connectivity index (χ1) is 8.06. The number of carbonyl (C=O) groups is 1. The second-order valence-corrected chi connectivity index (χ2v) is 4.14. The van der Waals surface area contributed by atoms with E-state index in [4.69, 9.17) is 15.9 Å². The zero-order chi connectivity index (χ0) is 12.4. The minimum Gasteiger partial charge on any atom is -0.464 e. The maximum atomic E-state index is 10.8. The molecular weight excluding hydrogens is 254 g/mol. The quantitative estimate of drug-likeness (QED) is 0.797. The van der Waals surface area contributed by atoms with Gasteiger partial charge in [0, 0.05) is 17.1 Å². The van der Waals surface area contributed by atoms with E-state index in [2.05, 4.69) is 5.32 Å². The SMILES string of the molecule is CC(N)Cc1cc(NC(N)=O)cc2ccoc12.Cl. The highest BCUT2D eigenvalue weighted by molar-refractivity contribution is 5.92. The van der Waals surface area contributed by atoms with Gasteiger partial charge in [0.05, 0.1) is 6.26 Å². The van der Waals surface area contributed by atoms with E-state index in [-0.39, 0.29) is 18.4 Å². The van der Waals surface area contributed by atoms with Crippen LogP contribution in [-0.4, -0.2) is 12.1 Å². The molecular formula is C12H16ClN3O2. The number of benzene rings is 1. The van der Waals surface area contributed by atoms with Crippen molar-refractivity contribution >= 4 is 35.1 Å². The Balaban J connectivity index is 0.00000162. The van der Waals surface area contributed by atoms with Gasteiger partial charge in [-0.1, -0.05) is 0 Å². The van der Waals surface area contributed by atoms with Gasteiger partial charge < -0.3 is 21.2 Å². The van der Waals surface area contributed by atoms with E-state index < -0.39 is 6.03 Å². The fourth-order valence-corrected chi connectivity index (χ4v) is 1.87. The third-order valence-corrected chi connectivity index (χ3v) is 2.44. The van der Waals surface area contributed by atoms with Gasteiger partial charge in [0.15, 0.2) is 0 Å². The largest absolute Gasteiger partial charge is 0.464 e. The summed E-state index contributed by atoms with van der Waals surface area (Å²) in [6, 6.07) is 4.92. The topological polar surface area (TPSA) is 94.3 Å². The van der Waals surface area contributed by atoms with E-state index >= 15 is 0 Å². The molecule has 1 aromatic heterocycles. The van der Waals surface area contributed by atoms with Gasteiger partial charge in [-0.25, -0.2) is 4.79 Å². The predicted octanol–water partition coefficient (Wildman–Crippen LogP) is 2.23. The Morgan fingerprint density at radius 3 is 2.83 bits per heavy atom. The molecule has 0 bridgehead atoms. The van der Waals surface area contributed by atoms with Crippen LogP contribution in [0.4, 0.5) is 10.5 Å². The Hall–Kier alpha value is -1.72. The highest BCUT2D eigenvalue weighted by atomic mass is 35.5. The standard InChI is InChI=1S/C12H15N3O2.ClH/c1-7(13)4-9-6-10(15-12(14)16)5-8-2-3-17-11(8)9;/h2-3,5-7H,4,13H2,1H3,(H3,14,15,16);1H. The molecule has 0 fully saturated rings. The normalized spacial score (nSPS) is 11.9. The molecule has 5 N–H and O–H groups in total. The van der Waals surface area contributed by atoms with Crippen molar-refractivity contribution in [3.05, 3.63) is 30.0 Å². The van der Waals surface area contributed by atoms with Crippen LogP contribution in [0.2, 0.25) is 0 Å². The molecule has 18 heavy (non-hydrogen) atoms. The maximum Gasteiger partial charge on any atom is 0.316 e. The molecule has 1 unspecified atom stereocenters. The van der Waals surface area contributed by atoms with Crippen molar-refractivity contribution < 1.29 is 9.21 Å². The Morgan fingerprint density at radius 1 is 1.50 bits per heavy atom. The second-order valence-electron chi connectivity index (χ2n) is 4.14. The lowest BCUT2D eigenvalue weighted by atomic mass is 10.0. The first kappa shape index (κ1) is 14.3. The number of primary amides is 1. The summed E-state index contributed by atoms with van der Waals surface area (Å²) in [5.41, 5.74) is 13.3. The lowest BCUT2D eigenvalue weighted by molar-refractivity contribution is 0.259. The van der Waals surface area contributed by atoms with Crippen LogP contribution in [0.5, 0.6) is 0 Å². The second kappa shape index (κ2) is 5.75. The number of hydrogen-bond acceptors (Lipinski definition) is 3. The van der Waals surface area contributed by atoms with Crippen LogP contribution in [-0.2, 0) is 6.42 Å². The van der Waals surface area contributed by atoms with E-state index in [1.807, 2.05) is 25.1 Å². The first-order valence-corrected chi connectivity index (χ1v) is 5.38. The Bertz CT molecular complexity index is 551. The Labute approximate surface area is 111 Å². The maximum absolute atomic E-state index is 10.8. The molecule has 0 radical (unpaired) electrons. The summed E-state index contributed by atoms with van der Waals surface area (Å²) in [6.45, 7) is 1.92. The number of amides is 2. The molecule has 0 spiro atoms. The van der Waals surface area contributed by atoms with Gasteiger partial charge >= 0.3 is 6.03 Å². The molecule has 0 aliphatic heterocycles. The van der Waals surface area contributed by atoms with Crippen molar-refractivity contribution in [3.8, 4) is 0 Å². The Morgan fingerprint density at radius 2 is 2.22 bits per heavy atom. The number of urea groups is 1. The van der Waals surface area contributed by atoms with Gasteiger partial charge in [-0.2, -0.15) is 0 Å². The number of halogens is 1. The fourth-order valence-electron chi connectivity index (χ4n) is 1.87. The molecule has 0 saturated heterocycles. The molecule has 2 rings (SSSR count). The molecule has 1 atom stereocenters. The minimum absolute atomic E-state index is 0. The van der Waals surface area contributed by atoms with Gasteiger partial charge in [0.2, 0.25) is 0 Å². The lowest BCUT2D eigenvalue weighted by Gasteiger charge is -2.09. The highest BCUT2D eigenvalue weighted by Gasteiger charge is 2.09. The van der Waals surface area contributed by atoms with E-state index in [0.717, 1.165) is 16.5 Å². The van der Waals surface area contributed by atoms with Crippen molar-refractivity contribution in [2.24, 2.45) is 11.5 Å². The number of furan rings is 1. The molecule has 5 nitrogen and oxygen atoms in total. The Kier molecular flexibility index (Phi) is 4.58. The fraction of sp³-hybridized carbons (Fsp3) is 0.250. The third kappa shape index (κ3) is 3.15. The number of nitrogens with two attached hydrogens (primary N) is 2. The van der Waals surface area contributed by atoms with Crippen molar-refractivity contribution in [1.29, 1.82) is 0 Å². The molecule has 98 valence electrons. The summed E-state index contributed by atoms with van der Waals surface area (Å²) in [5.74, 6) is 0. The van der Waals surface area contributed by atoms with Crippen LogP contribution < -0.4 is 16.8 Å². The van der Waals surface area contributed by atoms with Crippen molar-refractivity contribution in [3.63, 3.8) is 0 Å². The van der Waals surface area contributed by atoms with Crippen LogP contribution in [0.15, 0.2) is 28.9 Å². The molecule has 6 heteroatoms. The van der Waals surface area contributed by atoms with Crippen molar-refractivity contribution in [2.45, 2.75) is 19.4 Å². The van der Waals surface area contributed by atoms with E-state index in [1.54, 1.807) is 6.26 Å². The summed E-state index contributed by atoms with van der Waals surface area (Å²) in [7, 11) is 0. The van der Waals surface area contributed by atoms with Crippen LogP contribution in [0, 0.1) is 0 Å². The van der Waals surface area contributed by atoms with Crippen LogP contribution in [0.25, 0.3) is 11.0 Å². The van der Waals surface area contributed by atoms with Crippen molar-refractivity contribution in [1.82, 2.24) is 0 Å². The molecule has 0 aliphatic carbocycles. The number of anilines is 1. The summed E-state index contributed by atoms with van der Waals surface area (Å²) in [6.07, 6.45) is 2.29. The summed E-state index contributed by atoms with van der Waals surface area (Å²) < 4.78 is 5.41. The van der Waals surface area contributed by atoms with Gasteiger partial charge in [-0.3, -0.25) is 0 Å². The molecule has 2 aromatic rings. The molecule has 1 aromatic carbocycles. The number of rotatable bonds is 3. The number of carbonyl (C=O) groups excluding carboxylic acids is 1. The van der Waals surface area contributed by atoms with Gasteiger partial charge in [0.1, 0.15) is 5.58 Å². The van der Waals surface area contributed by atoms with Gasteiger partial charge in [0.25, 0.3) is 0 Å². The third-order valence-electron chi connectivity index (χ3n) is 2.44. The van der Waals surface area contributed by atoms with Crippen LogP contribution >= 0.6 is 12.4 Å². The van der Waals surface area contributed by atoms with Crippen LogP contribution in [0.1, 0.15) is 12.5 Å².